The van der Waals surface area contributed by atoms with Crippen molar-refractivity contribution in [1.82, 2.24) is 5.32 Å². The third kappa shape index (κ3) is 4.32. The third-order valence-corrected chi connectivity index (χ3v) is 4.92. The van der Waals surface area contributed by atoms with E-state index in [0.29, 0.717) is 23.7 Å². The highest BCUT2D eigenvalue weighted by molar-refractivity contribution is 6.00. The van der Waals surface area contributed by atoms with Gasteiger partial charge in [-0.1, -0.05) is 30.3 Å². The van der Waals surface area contributed by atoms with Gasteiger partial charge in [-0.15, -0.1) is 0 Å². The zero-order valence-corrected chi connectivity index (χ0v) is 14.9. The van der Waals surface area contributed by atoms with Crippen LogP contribution in [0.15, 0.2) is 48.5 Å². The van der Waals surface area contributed by atoms with E-state index in [0.717, 1.165) is 38.0 Å². The molecular formula is C21H27N3O. The van der Waals surface area contributed by atoms with Crippen molar-refractivity contribution >= 4 is 17.3 Å². The summed E-state index contributed by atoms with van der Waals surface area (Å²) in [4.78, 5) is 14.7. The molecule has 2 aromatic rings. The van der Waals surface area contributed by atoms with Crippen molar-refractivity contribution in [2.24, 2.45) is 5.92 Å². The minimum atomic E-state index is -0.0452. The summed E-state index contributed by atoms with van der Waals surface area (Å²) in [7, 11) is 0. The number of amides is 1. The standard InChI is InChI=1S/C21H27N3O/c1-2-23-21(25)19-15-18(22)8-9-20(19)24-12-10-17(11-13-24)14-16-6-4-3-5-7-16/h3-9,15,17H,2,10-14,22H2,1H3,(H,23,25). The Hall–Kier alpha value is -2.49. The summed E-state index contributed by atoms with van der Waals surface area (Å²) in [6.07, 6.45) is 3.43. The molecule has 0 atom stereocenters. The number of hydrogen-bond acceptors (Lipinski definition) is 3. The van der Waals surface area contributed by atoms with Gasteiger partial charge >= 0.3 is 0 Å². The minimum absolute atomic E-state index is 0.0452. The second-order valence-corrected chi connectivity index (χ2v) is 6.76. The van der Waals surface area contributed by atoms with Crippen molar-refractivity contribution < 1.29 is 4.79 Å². The van der Waals surface area contributed by atoms with Gasteiger partial charge in [0.25, 0.3) is 5.91 Å². The number of piperidine rings is 1. The van der Waals surface area contributed by atoms with Crippen LogP contribution >= 0.6 is 0 Å². The fourth-order valence-corrected chi connectivity index (χ4v) is 3.59. The van der Waals surface area contributed by atoms with Crippen LogP contribution in [0.2, 0.25) is 0 Å². The Morgan fingerprint density at radius 1 is 1.16 bits per heavy atom. The SMILES string of the molecule is CCNC(=O)c1cc(N)ccc1N1CCC(Cc2ccccc2)CC1. The highest BCUT2D eigenvalue weighted by Crippen LogP contribution is 2.29. The number of nitrogens with zero attached hydrogens (tertiary/aromatic N) is 1. The van der Waals surface area contributed by atoms with Gasteiger partial charge in [0.15, 0.2) is 0 Å². The first-order valence-corrected chi connectivity index (χ1v) is 9.14. The van der Waals surface area contributed by atoms with Gasteiger partial charge in [-0.25, -0.2) is 0 Å². The molecule has 2 aromatic carbocycles. The number of hydrogen-bond donors (Lipinski definition) is 2. The topological polar surface area (TPSA) is 58.4 Å². The summed E-state index contributed by atoms with van der Waals surface area (Å²) >= 11 is 0. The number of benzene rings is 2. The summed E-state index contributed by atoms with van der Waals surface area (Å²) in [5.74, 6) is 0.663. The van der Waals surface area contributed by atoms with Crippen molar-refractivity contribution in [1.29, 1.82) is 0 Å². The molecule has 1 fully saturated rings. The summed E-state index contributed by atoms with van der Waals surface area (Å²) in [6.45, 7) is 4.51. The number of nitrogens with one attached hydrogen (secondary N) is 1. The van der Waals surface area contributed by atoms with Crippen molar-refractivity contribution in [2.75, 3.05) is 30.3 Å². The monoisotopic (exact) mass is 337 g/mol. The highest BCUT2D eigenvalue weighted by Gasteiger charge is 2.23. The summed E-state index contributed by atoms with van der Waals surface area (Å²) in [5.41, 5.74) is 9.62. The first kappa shape index (κ1) is 17.3. The largest absolute Gasteiger partial charge is 0.399 e. The molecule has 0 aliphatic carbocycles. The van der Waals surface area contributed by atoms with Crippen LogP contribution in [0.3, 0.4) is 0 Å². The predicted molar refractivity (Wildman–Crippen MR) is 104 cm³/mol. The third-order valence-electron chi connectivity index (χ3n) is 4.92. The fourth-order valence-electron chi connectivity index (χ4n) is 3.59. The van der Waals surface area contributed by atoms with Crippen molar-refractivity contribution in [3.8, 4) is 0 Å². The van der Waals surface area contributed by atoms with Crippen LogP contribution in [-0.4, -0.2) is 25.5 Å². The molecule has 0 unspecified atom stereocenters. The zero-order valence-electron chi connectivity index (χ0n) is 14.9. The number of carbonyl (C=O) groups excluding carboxylic acids is 1. The van der Waals surface area contributed by atoms with Crippen molar-refractivity contribution in [2.45, 2.75) is 26.2 Å². The van der Waals surface area contributed by atoms with Gasteiger partial charge in [-0.05, 0) is 55.9 Å². The van der Waals surface area contributed by atoms with E-state index in [-0.39, 0.29) is 5.91 Å². The number of anilines is 2. The van der Waals surface area contributed by atoms with E-state index in [1.54, 1.807) is 6.07 Å². The molecule has 3 rings (SSSR count). The van der Waals surface area contributed by atoms with Crippen LogP contribution in [0.4, 0.5) is 11.4 Å². The molecule has 0 saturated carbocycles. The lowest BCUT2D eigenvalue weighted by atomic mass is 9.89. The van der Waals surface area contributed by atoms with Crippen molar-refractivity contribution in [3.05, 3.63) is 59.7 Å². The van der Waals surface area contributed by atoms with Crippen LogP contribution in [0.1, 0.15) is 35.7 Å². The quantitative estimate of drug-likeness (QED) is 0.821. The van der Waals surface area contributed by atoms with Gasteiger partial charge in [-0.2, -0.15) is 0 Å². The molecule has 0 radical (unpaired) electrons. The lowest BCUT2D eigenvalue weighted by Gasteiger charge is -2.34. The van der Waals surface area contributed by atoms with Gasteiger partial charge in [0, 0.05) is 31.0 Å². The first-order chi connectivity index (χ1) is 12.2. The number of nitrogens with two attached hydrogens (primary N) is 1. The van der Waals surface area contributed by atoms with Crippen LogP contribution in [0.25, 0.3) is 0 Å². The Labute approximate surface area is 150 Å². The molecule has 1 aliphatic rings. The molecule has 25 heavy (non-hydrogen) atoms. The molecule has 1 amide bonds. The number of carbonyl (C=O) groups is 1. The van der Waals surface area contributed by atoms with E-state index in [9.17, 15) is 4.79 Å². The Kier molecular flexibility index (Phi) is 5.59. The Morgan fingerprint density at radius 3 is 2.56 bits per heavy atom. The summed E-state index contributed by atoms with van der Waals surface area (Å²) in [6, 6.07) is 16.4. The van der Waals surface area contributed by atoms with E-state index >= 15 is 0 Å². The van der Waals surface area contributed by atoms with Crippen LogP contribution < -0.4 is 16.0 Å². The molecule has 0 bridgehead atoms. The van der Waals surface area contributed by atoms with Gasteiger partial charge in [0.1, 0.15) is 0 Å². The maximum atomic E-state index is 12.4. The van der Waals surface area contributed by atoms with Crippen LogP contribution in [-0.2, 0) is 6.42 Å². The molecule has 3 N–H and O–H groups in total. The number of rotatable bonds is 5. The molecule has 1 heterocycles. The molecule has 0 aromatic heterocycles. The van der Waals surface area contributed by atoms with Gasteiger partial charge < -0.3 is 16.0 Å². The summed E-state index contributed by atoms with van der Waals surface area (Å²) < 4.78 is 0. The fraction of sp³-hybridized carbons (Fsp3) is 0.381. The van der Waals surface area contributed by atoms with E-state index in [4.69, 9.17) is 5.73 Å². The molecule has 0 spiro atoms. The zero-order chi connectivity index (χ0) is 17.6. The molecule has 4 nitrogen and oxygen atoms in total. The second kappa shape index (κ2) is 8.06. The maximum Gasteiger partial charge on any atom is 0.253 e. The lowest BCUT2D eigenvalue weighted by Crippen LogP contribution is -2.36. The molecule has 1 aliphatic heterocycles. The van der Waals surface area contributed by atoms with Gasteiger partial charge in [-0.3, -0.25) is 4.79 Å². The molecular weight excluding hydrogens is 310 g/mol. The molecule has 4 heteroatoms. The van der Waals surface area contributed by atoms with Crippen LogP contribution in [0.5, 0.6) is 0 Å². The van der Waals surface area contributed by atoms with E-state index in [2.05, 4.69) is 40.5 Å². The Morgan fingerprint density at radius 2 is 1.88 bits per heavy atom. The van der Waals surface area contributed by atoms with E-state index in [1.165, 1.54) is 5.56 Å². The normalized spacial score (nSPS) is 15.2. The maximum absolute atomic E-state index is 12.4. The highest BCUT2D eigenvalue weighted by atomic mass is 16.1. The van der Waals surface area contributed by atoms with E-state index < -0.39 is 0 Å². The Bertz CT molecular complexity index is 706. The predicted octanol–water partition coefficient (Wildman–Crippen LogP) is 3.48. The number of nitrogen functional groups attached to an aromatic ring is 1. The van der Waals surface area contributed by atoms with Crippen LogP contribution in [0, 0.1) is 5.92 Å². The second-order valence-electron chi connectivity index (χ2n) is 6.76. The first-order valence-electron chi connectivity index (χ1n) is 9.14. The average Bonchev–Trinajstić information content (AvgIpc) is 2.63. The molecule has 1 saturated heterocycles. The van der Waals surface area contributed by atoms with Crippen molar-refractivity contribution in [3.63, 3.8) is 0 Å². The average molecular weight is 337 g/mol. The van der Waals surface area contributed by atoms with Gasteiger partial charge in [0.2, 0.25) is 0 Å². The Balaban J connectivity index is 1.67. The minimum Gasteiger partial charge on any atom is -0.399 e. The lowest BCUT2D eigenvalue weighted by molar-refractivity contribution is 0.0956. The van der Waals surface area contributed by atoms with E-state index in [1.807, 2.05) is 19.1 Å². The van der Waals surface area contributed by atoms with Gasteiger partial charge in [0.05, 0.1) is 5.56 Å². The summed E-state index contributed by atoms with van der Waals surface area (Å²) in [5, 5.41) is 2.89. The molecule has 132 valence electrons. The smallest absolute Gasteiger partial charge is 0.253 e.